The number of carbonyl (C=O) groups excluding carboxylic acids is 2. The molecule has 0 radical (unpaired) electrons. The maximum atomic E-state index is 13.0. The van der Waals surface area contributed by atoms with Crippen molar-refractivity contribution in [3.8, 4) is 0 Å². The highest BCUT2D eigenvalue weighted by molar-refractivity contribution is 9.10. The highest BCUT2D eigenvalue weighted by Gasteiger charge is 2.28. The van der Waals surface area contributed by atoms with Crippen molar-refractivity contribution in [2.45, 2.75) is 82.3 Å². The van der Waals surface area contributed by atoms with Crippen molar-refractivity contribution in [3.05, 3.63) is 89.4 Å². The van der Waals surface area contributed by atoms with Crippen LogP contribution in [0, 0.1) is 11.6 Å². The third kappa shape index (κ3) is 17.4. The molecule has 2 aliphatic rings. The Hall–Kier alpha value is -4.22. The number of hydrogen-bond donors (Lipinski definition) is 1. The summed E-state index contributed by atoms with van der Waals surface area (Å²) >= 11 is 8.76. The predicted octanol–water partition coefficient (Wildman–Crippen LogP) is 9.51. The van der Waals surface area contributed by atoms with Gasteiger partial charge in [0.25, 0.3) is 0 Å². The molecule has 4 heterocycles. The van der Waals surface area contributed by atoms with Gasteiger partial charge < -0.3 is 29.1 Å². The number of benzene rings is 2. The van der Waals surface area contributed by atoms with Crippen molar-refractivity contribution in [3.63, 3.8) is 0 Å². The average molecular weight is 894 g/mol. The molecular formula is C40H55BrF2N8O4S2. The summed E-state index contributed by atoms with van der Waals surface area (Å²) in [4.78, 5) is 51.6. The molecule has 0 saturated carbocycles. The van der Waals surface area contributed by atoms with E-state index >= 15 is 0 Å². The Labute approximate surface area is 354 Å². The van der Waals surface area contributed by atoms with Crippen molar-refractivity contribution < 1.29 is 27.8 Å². The lowest BCUT2D eigenvalue weighted by Crippen LogP contribution is -2.50. The second-order valence-corrected chi connectivity index (χ2v) is 16.9. The molecule has 2 saturated heterocycles. The number of thiol groups is 1. The quantitative estimate of drug-likeness (QED) is 0.198. The van der Waals surface area contributed by atoms with Gasteiger partial charge in [-0.2, -0.15) is 0 Å². The first-order valence-corrected chi connectivity index (χ1v) is 19.6. The normalized spacial score (nSPS) is 14.1. The number of aromatic nitrogens is 4. The zero-order valence-electron chi connectivity index (χ0n) is 31.8. The fraction of sp³-hybridized carbons (Fsp3) is 0.450. The maximum absolute atomic E-state index is 13.0. The summed E-state index contributed by atoms with van der Waals surface area (Å²) in [6.45, 7) is 16.3. The van der Waals surface area contributed by atoms with Gasteiger partial charge in [0, 0.05) is 91.8 Å². The maximum Gasteiger partial charge on any atom is 0.410 e. The fourth-order valence-corrected chi connectivity index (χ4v) is 6.01. The Balaban J connectivity index is 0.000000328. The molecule has 0 spiro atoms. The molecule has 0 unspecified atom stereocenters. The molecule has 4 aromatic rings. The van der Waals surface area contributed by atoms with Crippen LogP contribution in [0.3, 0.4) is 0 Å². The zero-order valence-corrected chi connectivity index (χ0v) is 35.1. The number of rotatable bonds is 4. The molecule has 57 heavy (non-hydrogen) atoms. The van der Waals surface area contributed by atoms with Gasteiger partial charge in [0.05, 0.1) is 4.47 Å². The largest absolute Gasteiger partial charge is 0.444 e. The van der Waals surface area contributed by atoms with Crippen LogP contribution in [0.15, 0.2) is 92.5 Å². The minimum Gasteiger partial charge on any atom is -0.444 e. The molecule has 2 fully saturated rings. The number of hydrogen-bond acceptors (Lipinski definition) is 12. The lowest BCUT2D eigenvalue weighted by atomic mass is 10.2. The van der Waals surface area contributed by atoms with E-state index in [1.165, 1.54) is 36.0 Å². The van der Waals surface area contributed by atoms with Crippen LogP contribution in [0.25, 0.3) is 0 Å². The molecule has 12 nitrogen and oxygen atoms in total. The Kier molecular flexibility index (Phi) is 19.4. The minimum atomic E-state index is -0.491. The molecule has 0 N–H and O–H groups in total. The molecule has 0 atom stereocenters. The van der Waals surface area contributed by atoms with Gasteiger partial charge in [0.2, 0.25) is 11.9 Å². The Morgan fingerprint density at radius 3 is 1.32 bits per heavy atom. The third-order valence-electron chi connectivity index (χ3n) is 7.53. The summed E-state index contributed by atoms with van der Waals surface area (Å²) in [5, 5.41) is 0. The number of ether oxygens (including phenoxy) is 2. The van der Waals surface area contributed by atoms with Gasteiger partial charge in [-0.3, -0.25) is 0 Å². The number of piperazine rings is 2. The van der Waals surface area contributed by atoms with E-state index in [-0.39, 0.29) is 38.7 Å². The summed E-state index contributed by atoms with van der Waals surface area (Å²) in [7, 11) is 0. The van der Waals surface area contributed by atoms with Gasteiger partial charge in [-0.25, -0.2) is 38.3 Å². The standard InChI is InChI=1S/C19H23FN4O2S.C13H19BrN4O2.C6H5FS.2CH4/c1-19(2,3)26-18(25)24-10-8-23(9-11-24)17-21-12-16(13-22-17)27-15-6-4-14(20)5-7-15;1-13(2,3)20-12(19)18-6-4-17(5-7-18)11-15-8-10(14)9-16-11;7-5-1-3-6(8)4-2-5;;/h4-7,12-13H,8-11H2,1-3H3;8-9H,4-7H2,1-3H3;1-4,8H;2*1H4. The van der Waals surface area contributed by atoms with Gasteiger partial charge in [-0.15, -0.1) is 12.6 Å². The van der Waals surface area contributed by atoms with Crippen LogP contribution in [-0.2, 0) is 9.47 Å². The topological polar surface area (TPSA) is 117 Å². The zero-order chi connectivity index (χ0) is 40.2. The molecule has 2 aromatic carbocycles. The SMILES string of the molecule is C.C.CC(C)(C)OC(=O)N1CCN(c2ncc(Br)cn2)CC1.CC(C)(C)OC(=O)N1CCN(c2ncc(Sc3ccc(F)cc3)cn2)CC1.Fc1ccc(S)cc1. The van der Waals surface area contributed by atoms with E-state index in [2.05, 4.69) is 53.4 Å². The second kappa shape index (κ2) is 22.6. The van der Waals surface area contributed by atoms with Crippen molar-refractivity contribution in [2.24, 2.45) is 0 Å². The Morgan fingerprint density at radius 2 is 0.965 bits per heavy atom. The summed E-state index contributed by atoms with van der Waals surface area (Å²) in [5.74, 6) is 0.860. The smallest absolute Gasteiger partial charge is 0.410 e. The van der Waals surface area contributed by atoms with E-state index in [1.54, 1.807) is 58.9 Å². The first-order valence-electron chi connectivity index (χ1n) is 17.6. The van der Waals surface area contributed by atoms with E-state index in [0.29, 0.717) is 64.3 Å². The first-order chi connectivity index (χ1) is 25.9. The summed E-state index contributed by atoms with van der Waals surface area (Å²) in [6, 6.07) is 12.3. The predicted molar refractivity (Wildman–Crippen MR) is 229 cm³/mol. The molecule has 17 heteroatoms. The first kappa shape index (κ1) is 48.9. The lowest BCUT2D eigenvalue weighted by molar-refractivity contribution is 0.0229. The van der Waals surface area contributed by atoms with Crippen molar-refractivity contribution in [1.82, 2.24) is 29.7 Å². The highest BCUT2D eigenvalue weighted by Crippen LogP contribution is 2.27. The van der Waals surface area contributed by atoms with Crippen LogP contribution < -0.4 is 9.80 Å². The highest BCUT2D eigenvalue weighted by atomic mass is 79.9. The molecule has 2 aromatic heterocycles. The van der Waals surface area contributed by atoms with E-state index in [9.17, 15) is 18.4 Å². The van der Waals surface area contributed by atoms with Crippen LogP contribution in [-0.4, -0.2) is 105 Å². The molecule has 0 aliphatic carbocycles. The fourth-order valence-electron chi connectivity index (χ4n) is 4.90. The van der Waals surface area contributed by atoms with Gasteiger partial charge in [-0.1, -0.05) is 26.6 Å². The van der Waals surface area contributed by atoms with Crippen LogP contribution >= 0.6 is 40.3 Å². The van der Waals surface area contributed by atoms with Crippen LogP contribution in [0.1, 0.15) is 56.4 Å². The monoisotopic (exact) mass is 892 g/mol. The van der Waals surface area contributed by atoms with E-state index < -0.39 is 11.2 Å². The summed E-state index contributed by atoms with van der Waals surface area (Å²) < 4.78 is 36.7. The van der Waals surface area contributed by atoms with Crippen LogP contribution in [0.4, 0.5) is 30.3 Å². The second-order valence-electron chi connectivity index (χ2n) is 14.4. The lowest BCUT2D eigenvalue weighted by Gasteiger charge is -2.35. The number of anilines is 2. The summed E-state index contributed by atoms with van der Waals surface area (Å²) in [5.41, 5.74) is -0.946. The molecule has 0 bridgehead atoms. The number of halogens is 3. The molecule has 312 valence electrons. The van der Waals surface area contributed by atoms with E-state index in [4.69, 9.17) is 9.47 Å². The van der Waals surface area contributed by atoms with E-state index in [0.717, 1.165) is 19.2 Å². The van der Waals surface area contributed by atoms with Crippen molar-refractivity contribution >= 4 is 64.4 Å². The van der Waals surface area contributed by atoms with Crippen LogP contribution in [0.5, 0.6) is 0 Å². The van der Waals surface area contributed by atoms with Crippen molar-refractivity contribution in [2.75, 3.05) is 62.2 Å². The number of nitrogens with zero attached hydrogens (tertiary/aromatic N) is 8. The van der Waals surface area contributed by atoms with E-state index in [1.807, 2.05) is 46.4 Å². The Morgan fingerprint density at radius 1 is 0.614 bits per heavy atom. The van der Waals surface area contributed by atoms with Crippen molar-refractivity contribution in [1.29, 1.82) is 0 Å². The third-order valence-corrected chi connectivity index (χ3v) is 9.19. The summed E-state index contributed by atoms with van der Waals surface area (Å²) in [6.07, 6.45) is 6.43. The molecule has 2 amide bonds. The molecule has 6 rings (SSSR count). The van der Waals surface area contributed by atoms with Gasteiger partial charge >= 0.3 is 12.2 Å². The number of amides is 2. The molecule has 2 aliphatic heterocycles. The van der Waals surface area contributed by atoms with Gasteiger partial charge in [0.1, 0.15) is 22.8 Å². The minimum absolute atomic E-state index is 0. The van der Waals surface area contributed by atoms with Gasteiger partial charge in [-0.05, 0) is 106 Å². The van der Waals surface area contributed by atoms with Crippen LogP contribution in [0.2, 0.25) is 0 Å². The number of carbonyl (C=O) groups is 2. The molecular weight excluding hydrogens is 839 g/mol. The average Bonchev–Trinajstić information content (AvgIpc) is 3.14. The Bertz CT molecular complexity index is 1780. The van der Waals surface area contributed by atoms with Gasteiger partial charge in [0.15, 0.2) is 0 Å².